The maximum absolute atomic E-state index is 14.8. The number of aromatic nitrogens is 4. The van der Waals surface area contributed by atoms with Crippen LogP contribution in [0.4, 0.5) is 14.9 Å². The van der Waals surface area contributed by atoms with Crippen LogP contribution in [0.5, 0.6) is 0 Å². The number of nitrogens with zero attached hydrogens (tertiary/aromatic N) is 3. The van der Waals surface area contributed by atoms with E-state index < -0.39 is 17.4 Å². The van der Waals surface area contributed by atoms with E-state index in [9.17, 15) is 14.0 Å². The molecule has 0 fully saturated rings. The first-order chi connectivity index (χ1) is 16.4. The summed E-state index contributed by atoms with van der Waals surface area (Å²) in [6.45, 7) is 7.54. The van der Waals surface area contributed by atoms with E-state index >= 15 is 0 Å². The Labute approximate surface area is 196 Å². The third kappa shape index (κ3) is 4.93. The van der Waals surface area contributed by atoms with E-state index in [4.69, 9.17) is 0 Å². The van der Waals surface area contributed by atoms with E-state index in [1.54, 1.807) is 6.20 Å². The van der Waals surface area contributed by atoms with Crippen LogP contribution in [0.1, 0.15) is 40.0 Å². The van der Waals surface area contributed by atoms with Crippen LogP contribution in [-0.4, -0.2) is 32.1 Å². The van der Waals surface area contributed by atoms with Crippen molar-refractivity contribution in [1.29, 1.82) is 0 Å². The van der Waals surface area contributed by atoms with Crippen molar-refractivity contribution in [2.75, 3.05) is 11.9 Å². The van der Waals surface area contributed by atoms with Crippen molar-refractivity contribution in [2.24, 2.45) is 5.92 Å². The Kier molecular flexibility index (Phi) is 6.90. The Morgan fingerprint density at radius 2 is 2.09 bits per heavy atom. The zero-order valence-corrected chi connectivity index (χ0v) is 19.6. The van der Waals surface area contributed by atoms with Crippen molar-refractivity contribution in [3.05, 3.63) is 52.8 Å². The van der Waals surface area contributed by atoms with Crippen LogP contribution in [0.25, 0.3) is 33.3 Å². The summed E-state index contributed by atoms with van der Waals surface area (Å²) in [6, 6.07) is 5.82. The van der Waals surface area contributed by atoms with Gasteiger partial charge in [0.15, 0.2) is 0 Å². The Hall–Kier alpha value is -3.75. The smallest absolute Gasteiger partial charge is 0.319 e. The fourth-order valence-corrected chi connectivity index (χ4v) is 3.97. The number of aromatic amines is 1. The molecule has 0 aliphatic heterocycles. The number of amides is 2. The highest BCUT2D eigenvalue weighted by Crippen LogP contribution is 2.28. The first-order valence-corrected chi connectivity index (χ1v) is 11.6. The number of fused-ring (bicyclic) bond motifs is 2. The number of carbonyl (C=O) groups is 1. The van der Waals surface area contributed by atoms with Gasteiger partial charge in [-0.25, -0.2) is 19.2 Å². The van der Waals surface area contributed by atoms with Crippen LogP contribution >= 0.6 is 0 Å². The molecule has 0 bridgehead atoms. The van der Waals surface area contributed by atoms with Gasteiger partial charge in [0.25, 0.3) is 5.56 Å². The molecule has 9 heteroatoms. The molecule has 3 aromatic heterocycles. The van der Waals surface area contributed by atoms with E-state index in [0.717, 1.165) is 36.8 Å². The van der Waals surface area contributed by atoms with Crippen molar-refractivity contribution >= 4 is 33.8 Å². The lowest BCUT2D eigenvalue weighted by Crippen LogP contribution is -2.29. The first kappa shape index (κ1) is 23.4. The molecule has 0 radical (unpaired) electrons. The SMILES string of the molecule is CCCCCNC(=O)Nc1cc2[nH]c(=O)c(-c3cn(CC(C)C)c4ncccc34)nc2cc1F. The van der Waals surface area contributed by atoms with Gasteiger partial charge in [-0.3, -0.25) is 4.79 Å². The third-order valence-electron chi connectivity index (χ3n) is 5.55. The predicted molar refractivity (Wildman–Crippen MR) is 132 cm³/mol. The number of hydrogen-bond donors (Lipinski definition) is 3. The van der Waals surface area contributed by atoms with Crippen molar-refractivity contribution in [1.82, 2.24) is 24.8 Å². The Bertz CT molecular complexity index is 1390. The number of carbonyl (C=O) groups excluding carboxylic acids is 1. The maximum atomic E-state index is 14.8. The van der Waals surface area contributed by atoms with Crippen LogP contribution in [0, 0.1) is 11.7 Å². The summed E-state index contributed by atoms with van der Waals surface area (Å²) in [5, 5.41) is 6.01. The molecule has 34 heavy (non-hydrogen) atoms. The quantitative estimate of drug-likeness (QED) is 0.318. The average molecular weight is 465 g/mol. The van der Waals surface area contributed by atoms with Gasteiger partial charge in [0.1, 0.15) is 17.2 Å². The zero-order valence-electron chi connectivity index (χ0n) is 19.6. The summed E-state index contributed by atoms with van der Waals surface area (Å²) in [5.41, 5.74) is 1.80. The standard InChI is InChI=1S/C25H29FN6O2/c1-4-5-6-9-28-25(34)31-19-12-21-20(11-18(19)26)29-22(24(33)30-21)17-14-32(13-15(2)3)23-16(17)8-7-10-27-23/h7-8,10-12,14-15H,4-6,9,13H2,1-3H3,(H,30,33)(H2,28,31,34). The van der Waals surface area contributed by atoms with Gasteiger partial charge < -0.3 is 20.2 Å². The van der Waals surface area contributed by atoms with Gasteiger partial charge in [-0.05, 0) is 30.5 Å². The summed E-state index contributed by atoms with van der Waals surface area (Å²) in [5.74, 6) is -0.247. The van der Waals surface area contributed by atoms with E-state index in [1.165, 1.54) is 12.1 Å². The van der Waals surface area contributed by atoms with Gasteiger partial charge in [0.05, 0.1) is 16.7 Å². The molecule has 1 aromatic carbocycles. The number of urea groups is 1. The van der Waals surface area contributed by atoms with Gasteiger partial charge in [0.2, 0.25) is 0 Å². The molecule has 0 atom stereocenters. The van der Waals surface area contributed by atoms with Crippen LogP contribution < -0.4 is 16.2 Å². The normalized spacial score (nSPS) is 11.4. The number of rotatable bonds is 8. The Morgan fingerprint density at radius 3 is 2.85 bits per heavy atom. The fraction of sp³-hybridized carbons (Fsp3) is 0.360. The molecule has 8 nitrogen and oxygen atoms in total. The second-order valence-electron chi connectivity index (χ2n) is 8.82. The zero-order chi connectivity index (χ0) is 24.2. The van der Waals surface area contributed by atoms with Crippen molar-refractivity contribution in [3.8, 4) is 11.3 Å². The highest BCUT2D eigenvalue weighted by atomic mass is 19.1. The molecular formula is C25H29FN6O2. The lowest BCUT2D eigenvalue weighted by atomic mass is 10.1. The van der Waals surface area contributed by atoms with E-state index in [0.29, 0.717) is 23.5 Å². The number of halogens is 1. The van der Waals surface area contributed by atoms with E-state index in [-0.39, 0.29) is 16.9 Å². The topological polar surface area (TPSA) is 105 Å². The minimum absolute atomic E-state index is 0.0246. The molecular weight excluding hydrogens is 435 g/mol. The molecule has 0 unspecified atom stereocenters. The van der Waals surface area contributed by atoms with Crippen LogP contribution in [0.3, 0.4) is 0 Å². The summed E-state index contributed by atoms with van der Waals surface area (Å²) in [7, 11) is 0. The summed E-state index contributed by atoms with van der Waals surface area (Å²) >= 11 is 0. The summed E-state index contributed by atoms with van der Waals surface area (Å²) in [4.78, 5) is 36.8. The molecule has 178 valence electrons. The lowest BCUT2D eigenvalue weighted by Gasteiger charge is -2.10. The second kappa shape index (κ2) is 10.0. The van der Waals surface area contributed by atoms with Gasteiger partial charge in [-0.1, -0.05) is 33.6 Å². The number of pyridine rings is 1. The average Bonchev–Trinajstić information content (AvgIpc) is 3.15. The lowest BCUT2D eigenvalue weighted by molar-refractivity contribution is 0.252. The monoisotopic (exact) mass is 464 g/mol. The molecule has 0 saturated heterocycles. The number of nitrogens with one attached hydrogen (secondary N) is 3. The van der Waals surface area contributed by atoms with Gasteiger partial charge in [-0.15, -0.1) is 0 Å². The molecule has 0 spiro atoms. The van der Waals surface area contributed by atoms with Crippen LogP contribution in [-0.2, 0) is 6.54 Å². The Balaban J connectivity index is 1.68. The number of unbranched alkanes of at least 4 members (excludes halogenated alkanes) is 2. The summed E-state index contributed by atoms with van der Waals surface area (Å²) in [6.07, 6.45) is 6.49. The largest absolute Gasteiger partial charge is 0.338 e. The highest BCUT2D eigenvalue weighted by molar-refractivity contribution is 5.95. The maximum Gasteiger partial charge on any atom is 0.319 e. The van der Waals surface area contributed by atoms with Gasteiger partial charge in [0, 0.05) is 42.5 Å². The van der Waals surface area contributed by atoms with Crippen molar-refractivity contribution < 1.29 is 9.18 Å². The summed E-state index contributed by atoms with van der Waals surface area (Å²) < 4.78 is 16.8. The minimum Gasteiger partial charge on any atom is -0.338 e. The number of benzene rings is 1. The molecule has 3 N–H and O–H groups in total. The van der Waals surface area contributed by atoms with Crippen LogP contribution in [0.2, 0.25) is 0 Å². The van der Waals surface area contributed by atoms with Crippen molar-refractivity contribution in [2.45, 2.75) is 46.6 Å². The predicted octanol–water partition coefficient (Wildman–Crippen LogP) is 5.05. The van der Waals surface area contributed by atoms with Gasteiger partial charge in [-0.2, -0.15) is 0 Å². The molecule has 0 saturated carbocycles. The molecule has 4 aromatic rings. The van der Waals surface area contributed by atoms with Gasteiger partial charge >= 0.3 is 6.03 Å². The number of hydrogen-bond acceptors (Lipinski definition) is 4. The van der Waals surface area contributed by atoms with Crippen LogP contribution in [0.15, 0.2) is 41.5 Å². The minimum atomic E-state index is -0.634. The van der Waals surface area contributed by atoms with Crippen molar-refractivity contribution in [3.63, 3.8) is 0 Å². The second-order valence-corrected chi connectivity index (χ2v) is 8.82. The molecule has 3 heterocycles. The molecule has 4 rings (SSSR count). The highest BCUT2D eigenvalue weighted by Gasteiger charge is 2.18. The fourth-order valence-electron chi connectivity index (χ4n) is 3.97. The third-order valence-corrected chi connectivity index (χ3v) is 5.55. The number of anilines is 1. The molecule has 0 aliphatic carbocycles. The first-order valence-electron chi connectivity index (χ1n) is 11.6. The van der Waals surface area contributed by atoms with E-state index in [2.05, 4.69) is 46.4 Å². The number of H-pyrrole nitrogens is 1. The van der Waals surface area contributed by atoms with E-state index in [1.807, 2.05) is 22.9 Å². The molecule has 2 amide bonds. The Morgan fingerprint density at radius 1 is 1.26 bits per heavy atom. The molecule has 0 aliphatic rings.